The van der Waals surface area contributed by atoms with Crippen LogP contribution >= 0.6 is 11.8 Å². The van der Waals surface area contributed by atoms with Crippen molar-refractivity contribution in [2.24, 2.45) is 47.2 Å². The predicted molar refractivity (Wildman–Crippen MR) is 558 cm³/mol. The van der Waals surface area contributed by atoms with Gasteiger partial charge in [-0.1, -0.05) is 219 Å². The van der Waals surface area contributed by atoms with Crippen molar-refractivity contribution in [3.63, 3.8) is 0 Å². The number of thioether (sulfide) groups is 1. The summed E-state index contributed by atoms with van der Waals surface area (Å²) in [5.74, 6) is -21.2. The van der Waals surface area contributed by atoms with Crippen LogP contribution in [0.3, 0.4) is 0 Å². The molecule has 5 aromatic carbocycles. The van der Waals surface area contributed by atoms with E-state index in [4.69, 9.17) is 5.73 Å². The van der Waals surface area contributed by atoms with Crippen molar-refractivity contribution in [2.75, 3.05) is 25.2 Å². The number of benzene rings is 5. The Morgan fingerprint density at radius 3 is 0.779 bits per heavy atom. The number of amides is 16. The number of nitrogens with one attached hydrogen (secondary N) is 16. The lowest BCUT2D eigenvalue weighted by atomic mass is 9.95. The van der Waals surface area contributed by atoms with Crippen LogP contribution < -0.4 is 90.8 Å². The lowest BCUT2D eigenvalue weighted by molar-refractivity contribution is -0.142. The van der Waals surface area contributed by atoms with E-state index < -0.39 is 247 Å². The van der Waals surface area contributed by atoms with Gasteiger partial charge < -0.3 is 127 Å². The minimum atomic E-state index is -2.07. The largest absolute Gasteiger partial charge is 0.508 e. The molecule has 5 rings (SSSR count). The molecule has 0 fully saturated rings. The Balaban J connectivity index is 1.36. The maximum Gasteiger partial charge on any atom is 0.326 e. The zero-order valence-electron chi connectivity index (χ0n) is 87.7. The number of rotatable bonds is 65. The van der Waals surface area contributed by atoms with Crippen molar-refractivity contribution >= 4 is 118 Å². The fourth-order valence-corrected chi connectivity index (χ4v) is 16.6. The van der Waals surface area contributed by atoms with E-state index in [1.54, 1.807) is 194 Å². The van der Waals surface area contributed by atoms with E-state index in [2.05, 4.69) is 85.1 Å². The number of phenols is 2. The number of aliphatic hydroxyl groups is 3. The number of carboxylic acids is 2. The van der Waals surface area contributed by atoms with Gasteiger partial charge in [-0.05, 0) is 157 Å². The van der Waals surface area contributed by atoms with Gasteiger partial charge in [-0.3, -0.25) is 81.5 Å². The number of aromatic hydroxyl groups is 2. The number of carbonyl (C=O) groups excluding carboxylic acids is 16. The number of hydrogen-bond acceptors (Lipinski definition) is 25. The number of phenolic OH excluding ortho intramolecular Hbond substituents is 2. The summed E-state index contributed by atoms with van der Waals surface area (Å²) < 4.78 is 0. The number of aliphatic carboxylic acids is 2. The number of hydrogen-bond donors (Lipinski definition) is 24. The Kier molecular flexibility index (Phi) is 54.0. The zero-order chi connectivity index (χ0) is 111. The molecule has 820 valence electrons. The lowest BCUT2D eigenvalue weighted by Gasteiger charge is -2.30. The molecule has 5 aromatic rings. The van der Waals surface area contributed by atoms with Gasteiger partial charge in [-0.25, -0.2) is 4.79 Å². The molecule has 0 aliphatic carbocycles. The lowest BCUT2D eigenvalue weighted by Crippen LogP contribution is -2.63. The summed E-state index contributed by atoms with van der Waals surface area (Å²) in [6, 6.07) is 10.1. The summed E-state index contributed by atoms with van der Waals surface area (Å²) in [6.07, 6.45) is -2.22. The fourth-order valence-electron chi connectivity index (χ4n) is 16.1. The fraction of sp³-hybridized carbons (Fsp3) is 0.547. The molecule has 0 heterocycles. The summed E-state index contributed by atoms with van der Waals surface area (Å²) >= 11 is 1.43. The van der Waals surface area contributed by atoms with Gasteiger partial charge >= 0.3 is 11.9 Å². The van der Waals surface area contributed by atoms with Gasteiger partial charge in [0.05, 0.1) is 31.8 Å². The van der Waals surface area contributed by atoms with Crippen LogP contribution in [-0.4, -0.2) is 276 Å². The number of carbonyl (C=O) groups is 18. The second-order valence-corrected chi connectivity index (χ2v) is 41.2. The van der Waals surface area contributed by atoms with Gasteiger partial charge in [0.1, 0.15) is 108 Å². The highest BCUT2D eigenvalue weighted by Crippen LogP contribution is 2.22. The quantitative estimate of drug-likeness (QED) is 0.0263. The molecule has 0 saturated carbocycles. The van der Waals surface area contributed by atoms with Crippen LogP contribution in [0.5, 0.6) is 11.5 Å². The van der Waals surface area contributed by atoms with Crippen LogP contribution in [0.1, 0.15) is 189 Å². The normalized spacial score (nSPS) is 15.2. The Morgan fingerprint density at radius 1 is 0.282 bits per heavy atom. The van der Waals surface area contributed by atoms with Gasteiger partial charge in [0, 0.05) is 32.1 Å². The van der Waals surface area contributed by atoms with Crippen molar-refractivity contribution < 1.29 is 122 Å². The van der Waals surface area contributed by atoms with Crippen LogP contribution in [0.25, 0.3) is 0 Å². The molecule has 19 atom stereocenters. The van der Waals surface area contributed by atoms with E-state index in [9.17, 15) is 112 Å². The van der Waals surface area contributed by atoms with E-state index in [1.165, 1.54) is 60.3 Å². The van der Waals surface area contributed by atoms with Crippen LogP contribution in [-0.2, 0) is 118 Å². The summed E-state index contributed by atoms with van der Waals surface area (Å²) in [5, 5.41) is 114. The van der Waals surface area contributed by atoms with Crippen LogP contribution in [0, 0.1) is 41.4 Å². The van der Waals surface area contributed by atoms with E-state index in [0.717, 1.165) is 6.92 Å². The first-order chi connectivity index (χ1) is 70.3. The SMILES string of the molecule is CC[C@H](C)[C@H](NC(=O)[C@H](Cc1ccc(O)cc1)NC(=O)[C@H](CO)NC(=O)[C@@H](N)CCSC)C(=O)N[C@@H](CC(C)C)C(=O)N[C@@H](CC(=O)O)C(=O)N[C@H](C(=O)N[C@@H](Cc1ccccc1)C(=O)N[C@@H](CO)C(=O)N[C@@H](CC(C)C)C(=O)N[C@@H](CC(C)C)C(=O)N[C@@H](CC(C)C)C(=O)N[C@@H](Cc1ccccc1)C(=O)N[C@@H](CC(C)C)C(=O)N[C@@H](CC(C)C)C(=O)N[C@@H](Cc1ccc(O)cc1)C(=O)N[C@@H](Cc1ccccc1)C(=O)O)[C@@H](C)O. The molecular formula is C106H155N17O25S. The summed E-state index contributed by atoms with van der Waals surface area (Å²) in [4.78, 5) is 258. The smallest absolute Gasteiger partial charge is 0.326 e. The highest BCUT2D eigenvalue weighted by Gasteiger charge is 2.42. The average Bonchev–Trinajstić information content (AvgIpc) is 0.870. The van der Waals surface area contributed by atoms with Gasteiger partial charge in [-0.15, -0.1) is 0 Å². The molecule has 42 nitrogen and oxygen atoms in total. The molecule has 149 heavy (non-hydrogen) atoms. The zero-order valence-corrected chi connectivity index (χ0v) is 88.5. The van der Waals surface area contributed by atoms with Crippen LogP contribution in [0.15, 0.2) is 140 Å². The molecule has 0 aliphatic rings. The van der Waals surface area contributed by atoms with Gasteiger partial charge in [0.2, 0.25) is 94.5 Å². The molecule has 0 bridgehead atoms. The molecule has 25 N–H and O–H groups in total. The Hall–Kier alpha value is -13.7. The monoisotopic (exact) mass is 2100 g/mol. The number of nitrogens with two attached hydrogens (primary N) is 1. The standard InChI is InChI=1S/C106H155N17O25S/c1-17-63(14)88(122-100(141)82(52-69-35-39-71(128)40-36-69)115-102(143)85(55-124)120-90(131)72(107)41-42-149-16)104(145)117-78(48-62(12)13)96(137)116-83(54-87(129)130)101(142)123-89(64(15)126)105(146)118-81(50-66-29-23-19-24-30-66)99(140)121-86(56-125)103(144)112-77(47-61(10)11)93(134)108-73(43-57(2)3)91(132)109-75(45-59(6)7)94(135)113-79(49-65-27-21-18-22-28-65)97(138)111-74(44-58(4)5)92(133)110-76(46-60(8)9)95(136)114-80(51-68-33-37-70(127)38-34-68)98(139)119-84(106(147)148)53-67-31-25-20-26-32-67/h18-40,57-64,72-86,88-89,124-128H,17,41-56,107H2,1-16H3,(H,108,134)(H,109,132)(H,110,133)(H,111,138)(H,112,144)(H,113,135)(H,114,136)(H,115,143)(H,116,137)(H,117,145)(H,118,146)(H,119,139)(H,120,131)(H,121,140)(H,122,141)(H,123,142)(H,129,130)(H,147,148)/t63-,64+,72-,73-,74-,75-,76-,77-,78-,79-,80-,81-,82-,83-,84-,85-,86-,88-,89-/m0/s1. The van der Waals surface area contributed by atoms with E-state index in [-0.39, 0.29) is 125 Å². The van der Waals surface area contributed by atoms with E-state index >= 15 is 9.59 Å². The molecule has 43 heteroatoms. The summed E-state index contributed by atoms with van der Waals surface area (Å²) in [6.45, 7) is 23.3. The molecule has 0 radical (unpaired) electrons. The second kappa shape index (κ2) is 63.9. The maximum absolute atomic E-state index is 15.1. The molecule has 0 spiro atoms. The van der Waals surface area contributed by atoms with Crippen molar-refractivity contribution in [1.29, 1.82) is 0 Å². The van der Waals surface area contributed by atoms with Crippen LogP contribution in [0.2, 0.25) is 0 Å². The van der Waals surface area contributed by atoms with Crippen molar-refractivity contribution in [1.82, 2.24) is 85.1 Å². The van der Waals surface area contributed by atoms with Crippen molar-refractivity contribution in [3.8, 4) is 11.5 Å². The third-order valence-electron chi connectivity index (χ3n) is 24.3. The summed E-state index contributed by atoms with van der Waals surface area (Å²) in [7, 11) is 0. The molecular weight excluding hydrogens is 1940 g/mol. The first-order valence-electron chi connectivity index (χ1n) is 50.5. The maximum atomic E-state index is 15.1. The molecule has 0 aromatic heterocycles. The Bertz CT molecular complexity index is 5200. The van der Waals surface area contributed by atoms with Gasteiger partial charge in [0.25, 0.3) is 0 Å². The van der Waals surface area contributed by atoms with Crippen molar-refractivity contribution in [2.45, 2.75) is 303 Å². The second-order valence-electron chi connectivity index (χ2n) is 40.2. The number of aliphatic hydroxyl groups excluding tert-OH is 3. The van der Waals surface area contributed by atoms with Crippen LogP contribution in [0.4, 0.5) is 0 Å². The Labute approximate surface area is 874 Å². The molecule has 0 saturated heterocycles. The molecule has 0 aliphatic heterocycles. The molecule has 0 unspecified atom stereocenters. The van der Waals surface area contributed by atoms with Crippen molar-refractivity contribution in [3.05, 3.63) is 167 Å². The first kappa shape index (κ1) is 126. The Morgan fingerprint density at radius 2 is 0.503 bits per heavy atom. The molecule has 16 amide bonds. The third kappa shape index (κ3) is 45.1. The highest BCUT2D eigenvalue weighted by molar-refractivity contribution is 7.98. The summed E-state index contributed by atoms with van der Waals surface area (Å²) in [5.41, 5.74) is 8.47. The van der Waals surface area contributed by atoms with E-state index in [1.807, 2.05) is 0 Å². The predicted octanol–water partition coefficient (Wildman–Crippen LogP) is 1.70. The van der Waals surface area contributed by atoms with E-state index in [0.29, 0.717) is 33.6 Å². The average molecular weight is 2100 g/mol. The highest BCUT2D eigenvalue weighted by atomic mass is 32.2. The third-order valence-corrected chi connectivity index (χ3v) is 24.9. The number of carboxylic acid groups (broad SMARTS) is 2. The minimum absolute atomic E-state index is 0.00341. The minimum Gasteiger partial charge on any atom is -0.508 e. The first-order valence-corrected chi connectivity index (χ1v) is 51.8. The van der Waals surface area contributed by atoms with Gasteiger partial charge in [0.15, 0.2) is 0 Å². The topological polar surface area (TPSA) is 667 Å². The van der Waals surface area contributed by atoms with Gasteiger partial charge in [-0.2, -0.15) is 11.8 Å².